The van der Waals surface area contributed by atoms with Crippen LogP contribution in [0.1, 0.15) is 25.8 Å². The highest BCUT2D eigenvalue weighted by atomic mass is 19.1. The molecule has 2 rings (SSSR count). The predicted molar refractivity (Wildman–Crippen MR) is 84.6 cm³/mol. The van der Waals surface area contributed by atoms with Gasteiger partial charge in [0.2, 0.25) is 6.41 Å². The summed E-state index contributed by atoms with van der Waals surface area (Å²) < 4.78 is 34.2. The molecular formula is C16H21F2N3O2. The van der Waals surface area contributed by atoms with Gasteiger partial charge in [0.15, 0.2) is 0 Å². The number of carbonyl (C=O) groups excluding carboxylic acids is 1. The monoisotopic (exact) mass is 325 g/mol. The van der Waals surface area contributed by atoms with E-state index < -0.39 is 11.6 Å². The highest BCUT2D eigenvalue weighted by molar-refractivity contribution is 6.02. The number of amides is 1. The van der Waals surface area contributed by atoms with E-state index in [0.29, 0.717) is 44.0 Å². The maximum atomic E-state index is 14.5. The van der Waals surface area contributed by atoms with E-state index in [2.05, 4.69) is 10.5 Å². The van der Waals surface area contributed by atoms with Gasteiger partial charge < -0.3 is 9.64 Å². The lowest BCUT2D eigenvalue weighted by Crippen LogP contribution is -2.37. The molecule has 126 valence electrons. The summed E-state index contributed by atoms with van der Waals surface area (Å²) in [5.41, 5.74) is 2.96. The first kappa shape index (κ1) is 17.3. The van der Waals surface area contributed by atoms with Crippen molar-refractivity contribution in [2.75, 3.05) is 31.2 Å². The maximum Gasteiger partial charge on any atom is 0.227 e. The number of anilines is 1. The second kappa shape index (κ2) is 8.01. The number of halogens is 2. The Morgan fingerprint density at radius 2 is 2.00 bits per heavy atom. The van der Waals surface area contributed by atoms with E-state index in [9.17, 15) is 13.6 Å². The summed E-state index contributed by atoms with van der Waals surface area (Å²) in [6, 6.07) is 2.54. The van der Waals surface area contributed by atoms with Crippen LogP contribution in [0.5, 0.6) is 0 Å². The quantitative estimate of drug-likeness (QED) is 0.496. The van der Waals surface area contributed by atoms with Gasteiger partial charge in [0, 0.05) is 24.6 Å². The van der Waals surface area contributed by atoms with Gasteiger partial charge in [-0.25, -0.2) is 14.2 Å². The highest BCUT2D eigenvalue weighted by Crippen LogP contribution is 2.27. The van der Waals surface area contributed by atoms with Gasteiger partial charge in [-0.1, -0.05) is 13.8 Å². The number of benzene rings is 1. The molecule has 0 bridgehead atoms. The third kappa shape index (κ3) is 4.04. The number of ether oxygens (including phenoxy) is 1. The molecule has 1 heterocycles. The lowest BCUT2D eigenvalue weighted by atomic mass is 9.95. The largest absolute Gasteiger partial charge is 0.378 e. The Kier molecular flexibility index (Phi) is 6.04. The van der Waals surface area contributed by atoms with Gasteiger partial charge in [0.25, 0.3) is 0 Å². The number of rotatable bonds is 6. The van der Waals surface area contributed by atoms with Crippen LogP contribution in [-0.4, -0.2) is 38.4 Å². The van der Waals surface area contributed by atoms with E-state index in [4.69, 9.17) is 4.74 Å². The van der Waals surface area contributed by atoms with Gasteiger partial charge >= 0.3 is 0 Å². The summed E-state index contributed by atoms with van der Waals surface area (Å²) in [7, 11) is 0. The molecule has 1 atom stereocenters. The fourth-order valence-electron chi connectivity index (χ4n) is 2.55. The zero-order chi connectivity index (χ0) is 16.8. The fraction of sp³-hybridized carbons (Fsp3) is 0.500. The topological polar surface area (TPSA) is 53.9 Å². The lowest BCUT2D eigenvalue weighted by Gasteiger charge is -2.29. The number of morpholine rings is 1. The van der Waals surface area contributed by atoms with Crippen molar-refractivity contribution in [1.82, 2.24) is 5.43 Å². The summed E-state index contributed by atoms with van der Waals surface area (Å²) in [6.45, 7) is 5.62. The van der Waals surface area contributed by atoms with Crippen molar-refractivity contribution in [2.45, 2.75) is 20.3 Å². The van der Waals surface area contributed by atoms with Crippen LogP contribution >= 0.6 is 0 Å². The van der Waals surface area contributed by atoms with Crippen LogP contribution < -0.4 is 10.3 Å². The second-order valence-electron chi connectivity index (χ2n) is 5.44. The van der Waals surface area contributed by atoms with Crippen LogP contribution in [0.15, 0.2) is 17.2 Å². The standard InChI is InChI=1S/C16H21F2N3O2/c1-3-11(2)15(20-19-10-22)12-8-13(17)16(14(18)9-12)21-4-6-23-7-5-21/h8-11H,3-7H2,1-2H3,(H,19,22)/b20-15+. The predicted octanol–water partition coefficient (Wildman–Crippen LogP) is 2.30. The molecule has 1 N–H and O–H groups in total. The minimum atomic E-state index is -0.635. The van der Waals surface area contributed by atoms with Crippen LogP contribution in [0.3, 0.4) is 0 Å². The summed E-state index contributed by atoms with van der Waals surface area (Å²) in [6.07, 6.45) is 1.16. The first-order valence-corrected chi connectivity index (χ1v) is 7.67. The zero-order valence-electron chi connectivity index (χ0n) is 13.3. The molecule has 0 saturated carbocycles. The Hall–Kier alpha value is -2.02. The third-order valence-corrected chi connectivity index (χ3v) is 3.96. The molecule has 0 spiro atoms. The van der Waals surface area contributed by atoms with E-state index in [1.54, 1.807) is 4.90 Å². The van der Waals surface area contributed by atoms with Crippen molar-refractivity contribution in [3.8, 4) is 0 Å². The highest BCUT2D eigenvalue weighted by Gasteiger charge is 2.22. The van der Waals surface area contributed by atoms with Crippen molar-refractivity contribution >= 4 is 17.8 Å². The van der Waals surface area contributed by atoms with Gasteiger partial charge in [0.05, 0.1) is 18.9 Å². The molecule has 0 aromatic heterocycles. The van der Waals surface area contributed by atoms with E-state index >= 15 is 0 Å². The summed E-state index contributed by atoms with van der Waals surface area (Å²) >= 11 is 0. The van der Waals surface area contributed by atoms with Crippen molar-refractivity contribution in [2.24, 2.45) is 11.0 Å². The molecule has 1 saturated heterocycles. The van der Waals surface area contributed by atoms with Crippen molar-refractivity contribution < 1.29 is 18.3 Å². The number of nitrogens with zero attached hydrogens (tertiary/aromatic N) is 2. The van der Waals surface area contributed by atoms with Gasteiger partial charge in [-0.2, -0.15) is 5.10 Å². The first-order chi connectivity index (χ1) is 11.1. The number of hydrogen-bond acceptors (Lipinski definition) is 4. The van der Waals surface area contributed by atoms with Gasteiger partial charge in [-0.15, -0.1) is 0 Å². The minimum Gasteiger partial charge on any atom is -0.378 e. The molecule has 1 unspecified atom stereocenters. The van der Waals surface area contributed by atoms with E-state index in [1.807, 2.05) is 13.8 Å². The minimum absolute atomic E-state index is 0.0381. The molecule has 5 nitrogen and oxygen atoms in total. The third-order valence-electron chi connectivity index (χ3n) is 3.96. The molecule has 0 aliphatic carbocycles. The maximum absolute atomic E-state index is 14.5. The van der Waals surface area contributed by atoms with Gasteiger partial charge in [-0.05, 0) is 18.6 Å². The lowest BCUT2D eigenvalue weighted by molar-refractivity contribution is -0.109. The van der Waals surface area contributed by atoms with E-state index in [0.717, 1.165) is 6.42 Å². The number of nitrogens with one attached hydrogen (secondary N) is 1. The number of hydrogen-bond donors (Lipinski definition) is 1. The average Bonchev–Trinajstić information content (AvgIpc) is 2.55. The molecular weight excluding hydrogens is 304 g/mol. The summed E-state index contributed by atoms with van der Waals surface area (Å²) in [5.74, 6) is -1.32. The van der Waals surface area contributed by atoms with Crippen molar-refractivity contribution in [3.63, 3.8) is 0 Å². The Bertz CT molecular complexity index is 564. The number of carbonyl (C=O) groups is 1. The summed E-state index contributed by atoms with van der Waals surface area (Å²) in [4.78, 5) is 12.1. The molecule has 0 radical (unpaired) electrons. The molecule has 1 amide bonds. The Morgan fingerprint density at radius 3 is 2.52 bits per heavy atom. The SMILES string of the molecule is CCC(C)/C(=N\NC=O)c1cc(F)c(N2CCOCC2)c(F)c1. The normalized spacial score (nSPS) is 17.0. The fourth-order valence-corrected chi connectivity index (χ4v) is 2.55. The number of hydrazone groups is 1. The molecule has 7 heteroatoms. The van der Waals surface area contributed by atoms with Crippen molar-refractivity contribution in [3.05, 3.63) is 29.3 Å². The zero-order valence-corrected chi connectivity index (χ0v) is 13.3. The van der Waals surface area contributed by atoms with Crippen LogP contribution in [0, 0.1) is 17.6 Å². The second-order valence-corrected chi connectivity index (χ2v) is 5.44. The molecule has 1 fully saturated rings. The van der Waals surface area contributed by atoms with Crippen LogP contribution in [0.2, 0.25) is 0 Å². The average molecular weight is 325 g/mol. The summed E-state index contributed by atoms with van der Waals surface area (Å²) in [5, 5.41) is 3.94. The Labute approximate surface area is 134 Å². The van der Waals surface area contributed by atoms with Crippen LogP contribution in [0.4, 0.5) is 14.5 Å². The first-order valence-electron chi connectivity index (χ1n) is 7.67. The molecule has 23 heavy (non-hydrogen) atoms. The van der Waals surface area contributed by atoms with Gasteiger partial charge in [-0.3, -0.25) is 4.79 Å². The van der Waals surface area contributed by atoms with E-state index in [-0.39, 0.29) is 11.6 Å². The van der Waals surface area contributed by atoms with Crippen LogP contribution in [-0.2, 0) is 9.53 Å². The molecule has 1 aromatic carbocycles. The molecule has 1 aromatic rings. The van der Waals surface area contributed by atoms with E-state index in [1.165, 1.54) is 12.1 Å². The van der Waals surface area contributed by atoms with Crippen molar-refractivity contribution in [1.29, 1.82) is 0 Å². The smallest absolute Gasteiger partial charge is 0.227 e. The van der Waals surface area contributed by atoms with Gasteiger partial charge in [0.1, 0.15) is 17.3 Å². The Balaban J connectivity index is 2.38. The Morgan fingerprint density at radius 1 is 1.39 bits per heavy atom. The molecule has 1 aliphatic rings. The van der Waals surface area contributed by atoms with Crippen LogP contribution in [0.25, 0.3) is 0 Å². The molecule has 1 aliphatic heterocycles.